The van der Waals surface area contributed by atoms with E-state index in [9.17, 15) is 9.90 Å². The Balaban J connectivity index is 1.46. The normalized spacial score (nSPS) is 15.0. The Morgan fingerprint density at radius 1 is 1.18 bits per heavy atom. The summed E-state index contributed by atoms with van der Waals surface area (Å²) in [7, 11) is 0. The zero-order chi connectivity index (χ0) is 22.8. The second-order valence-corrected chi connectivity index (χ2v) is 8.25. The fourth-order valence-corrected chi connectivity index (χ4v) is 4.25. The van der Waals surface area contributed by atoms with Gasteiger partial charge < -0.3 is 30.0 Å². The smallest absolute Gasteiger partial charge is 0.261 e. The van der Waals surface area contributed by atoms with E-state index in [1.54, 1.807) is 12.3 Å². The second kappa shape index (κ2) is 9.09. The molecule has 2 aromatic heterocycles. The molecule has 0 saturated carbocycles. The number of hydrogen-bond donors (Lipinski definition) is 4. The number of aliphatic hydroxyl groups excluding tert-OH is 1. The zero-order valence-corrected chi connectivity index (χ0v) is 18.5. The van der Waals surface area contributed by atoms with Crippen LogP contribution in [0.3, 0.4) is 0 Å². The summed E-state index contributed by atoms with van der Waals surface area (Å²) in [4.78, 5) is 25.9. The number of morpholine rings is 1. The number of H-pyrrole nitrogens is 2. The van der Waals surface area contributed by atoms with Crippen molar-refractivity contribution < 1.29 is 9.84 Å². The van der Waals surface area contributed by atoms with Crippen molar-refractivity contribution in [2.45, 2.75) is 13.0 Å². The van der Waals surface area contributed by atoms with Crippen LogP contribution >= 0.6 is 0 Å². The number of fused-ring (bicyclic) bond motifs is 1. The van der Waals surface area contributed by atoms with E-state index >= 15 is 0 Å². The molecule has 0 bridgehead atoms. The van der Waals surface area contributed by atoms with Crippen LogP contribution in [0, 0.1) is 6.92 Å². The van der Waals surface area contributed by atoms with Gasteiger partial charge in [-0.2, -0.15) is 0 Å². The molecule has 2 aromatic carbocycles. The summed E-state index contributed by atoms with van der Waals surface area (Å²) in [5.41, 5.74) is 5.46. The quantitative estimate of drug-likeness (QED) is 0.363. The molecule has 4 aromatic rings. The Morgan fingerprint density at radius 2 is 1.97 bits per heavy atom. The van der Waals surface area contributed by atoms with Gasteiger partial charge in [-0.05, 0) is 36.2 Å². The molecule has 3 heterocycles. The molecule has 8 heteroatoms. The van der Waals surface area contributed by atoms with Gasteiger partial charge in [0.2, 0.25) is 0 Å². The molecule has 33 heavy (non-hydrogen) atoms. The summed E-state index contributed by atoms with van der Waals surface area (Å²) >= 11 is 0. The minimum absolute atomic E-state index is 0.251. The summed E-state index contributed by atoms with van der Waals surface area (Å²) < 4.78 is 5.47. The molecule has 1 aliphatic rings. The molecule has 1 fully saturated rings. The van der Waals surface area contributed by atoms with Crippen LogP contribution in [0.15, 0.2) is 59.5 Å². The van der Waals surface area contributed by atoms with E-state index < -0.39 is 6.10 Å². The van der Waals surface area contributed by atoms with Gasteiger partial charge >= 0.3 is 0 Å². The van der Waals surface area contributed by atoms with Crippen molar-refractivity contribution in [3.05, 3.63) is 76.2 Å². The Hall–Kier alpha value is -3.62. The molecule has 0 aliphatic carbocycles. The number of anilines is 2. The first-order valence-corrected chi connectivity index (χ1v) is 11.1. The molecule has 1 saturated heterocycles. The average Bonchev–Trinajstić information content (AvgIpc) is 3.28. The lowest BCUT2D eigenvalue weighted by Gasteiger charge is -2.29. The Morgan fingerprint density at radius 3 is 2.76 bits per heavy atom. The predicted octanol–water partition coefficient (Wildman–Crippen LogP) is 3.21. The molecule has 1 unspecified atom stereocenters. The lowest BCUT2D eigenvalue weighted by atomic mass is 10.1. The number of aromatic nitrogens is 3. The van der Waals surface area contributed by atoms with Crippen LogP contribution in [0.5, 0.6) is 0 Å². The van der Waals surface area contributed by atoms with Gasteiger partial charge in [0.1, 0.15) is 11.4 Å². The van der Waals surface area contributed by atoms with Crippen molar-refractivity contribution in [2.24, 2.45) is 0 Å². The molecule has 1 aliphatic heterocycles. The summed E-state index contributed by atoms with van der Waals surface area (Å²) in [5, 5.41) is 13.8. The van der Waals surface area contributed by atoms with E-state index in [2.05, 4.69) is 32.3 Å². The third-order valence-electron chi connectivity index (χ3n) is 6.01. The summed E-state index contributed by atoms with van der Waals surface area (Å²) in [6.07, 6.45) is 0.889. The van der Waals surface area contributed by atoms with Crippen LogP contribution in [0.1, 0.15) is 17.2 Å². The molecule has 0 amide bonds. The van der Waals surface area contributed by atoms with E-state index in [1.807, 2.05) is 37.3 Å². The monoisotopic (exact) mass is 445 g/mol. The fourth-order valence-electron chi connectivity index (χ4n) is 4.25. The van der Waals surface area contributed by atoms with Crippen molar-refractivity contribution in [3.63, 3.8) is 0 Å². The third kappa shape index (κ3) is 4.35. The minimum Gasteiger partial charge on any atom is -0.387 e. The van der Waals surface area contributed by atoms with E-state index in [0.717, 1.165) is 40.9 Å². The first-order chi connectivity index (χ1) is 16.1. The van der Waals surface area contributed by atoms with Gasteiger partial charge in [0.15, 0.2) is 0 Å². The van der Waals surface area contributed by atoms with Crippen LogP contribution < -0.4 is 15.8 Å². The third-order valence-corrected chi connectivity index (χ3v) is 6.01. The highest BCUT2D eigenvalue weighted by atomic mass is 16.5. The maximum absolute atomic E-state index is 12.8. The molecule has 1 atom stereocenters. The number of aryl methyl sites for hydroxylation is 1. The molecular formula is C25H27N5O3. The Labute approximate surface area is 191 Å². The van der Waals surface area contributed by atoms with E-state index in [-0.39, 0.29) is 12.1 Å². The van der Waals surface area contributed by atoms with Crippen molar-refractivity contribution in [1.29, 1.82) is 0 Å². The largest absolute Gasteiger partial charge is 0.387 e. The van der Waals surface area contributed by atoms with E-state index in [4.69, 9.17) is 9.72 Å². The van der Waals surface area contributed by atoms with Gasteiger partial charge in [0.25, 0.3) is 5.56 Å². The van der Waals surface area contributed by atoms with Gasteiger partial charge in [-0.1, -0.05) is 30.3 Å². The van der Waals surface area contributed by atoms with Crippen molar-refractivity contribution >= 4 is 22.4 Å². The van der Waals surface area contributed by atoms with Gasteiger partial charge in [-0.3, -0.25) is 4.79 Å². The lowest BCUT2D eigenvalue weighted by molar-refractivity contribution is 0.122. The summed E-state index contributed by atoms with van der Waals surface area (Å²) in [6, 6.07) is 15.4. The maximum atomic E-state index is 12.8. The van der Waals surface area contributed by atoms with Crippen LogP contribution in [0.25, 0.3) is 22.4 Å². The standard InChI is InChI=1S/C25H27N5O3/c1-16-13-18(30-9-11-33-12-10-30)14-20-23(16)29-24(28-20)22-19(7-8-26-25(22)32)27-15-21(31)17-5-3-2-4-6-17/h2-8,13-14,21,31H,9-12,15H2,1H3,(H,28,29)(H2,26,27,32). The molecule has 0 spiro atoms. The average molecular weight is 446 g/mol. The number of rotatable bonds is 6. The molecular weight excluding hydrogens is 418 g/mol. The Bertz CT molecular complexity index is 1310. The minimum atomic E-state index is -0.702. The number of nitrogens with zero attached hydrogens (tertiary/aromatic N) is 2. The number of benzene rings is 2. The zero-order valence-electron chi connectivity index (χ0n) is 18.5. The van der Waals surface area contributed by atoms with Crippen LogP contribution in [0.4, 0.5) is 11.4 Å². The SMILES string of the molecule is Cc1cc(N2CCOCC2)cc2[nH]c(-c3c(NCC(O)c4ccccc4)cc[nH]c3=O)nc12. The highest BCUT2D eigenvalue weighted by Gasteiger charge is 2.18. The highest BCUT2D eigenvalue weighted by Crippen LogP contribution is 2.29. The van der Waals surface area contributed by atoms with Gasteiger partial charge in [0.05, 0.1) is 36.0 Å². The second-order valence-electron chi connectivity index (χ2n) is 8.25. The molecule has 4 N–H and O–H groups in total. The van der Waals surface area contributed by atoms with Gasteiger partial charge in [0, 0.05) is 31.5 Å². The first-order valence-electron chi connectivity index (χ1n) is 11.1. The van der Waals surface area contributed by atoms with Crippen LogP contribution in [-0.2, 0) is 4.74 Å². The molecule has 5 rings (SSSR count). The van der Waals surface area contributed by atoms with Crippen molar-refractivity contribution in [3.8, 4) is 11.4 Å². The van der Waals surface area contributed by atoms with Crippen LogP contribution in [-0.4, -0.2) is 52.9 Å². The number of aliphatic hydroxyl groups is 1. The van der Waals surface area contributed by atoms with Crippen molar-refractivity contribution in [1.82, 2.24) is 15.0 Å². The van der Waals surface area contributed by atoms with Crippen LogP contribution in [0.2, 0.25) is 0 Å². The van der Waals surface area contributed by atoms with Gasteiger partial charge in [-0.25, -0.2) is 4.98 Å². The Kier molecular flexibility index (Phi) is 5.85. The molecule has 8 nitrogen and oxygen atoms in total. The lowest BCUT2D eigenvalue weighted by Crippen LogP contribution is -2.36. The number of pyridine rings is 1. The number of ether oxygens (including phenoxy) is 1. The molecule has 170 valence electrons. The number of nitrogens with one attached hydrogen (secondary N) is 3. The summed E-state index contributed by atoms with van der Waals surface area (Å²) in [5.74, 6) is 0.491. The number of aromatic amines is 2. The van der Waals surface area contributed by atoms with Crippen molar-refractivity contribution in [2.75, 3.05) is 43.1 Å². The highest BCUT2D eigenvalue weighted by molar-refractivity contribution is 5.87. The maximum Gasteiger partial charge on any atom is 0.261 e. The summed E-state index contributed by atoms with van der Waals surface area (Å²) in [6.45, 7) is 5.43. The first kappa shape index (κ1) is 21.2. The number of imidazole rings is 1. The fraction of sp³-hybridized carbons (Fsp3) is 0.280. The molecule has 0 radical (unpaired) electrons. The van der Waals surface area contributed by atoms with E-state index in [1.165, 1.54) is 0 Å². The van der Waals surface area contributed by atoms with E-state index in [0.29, 0.717) is 30.3 Å². The predicted molar refractivity (Wildman–Crippen MR) is 130 cm³/mol. The number of hydrogen-bond acceptors (Lipinski definition) is 6. The van der Waals surface area contributed by atoms with Gasteiger partial charge in [-0.15, -0.1) is 0 Å². The topological polar surface area (TPSA) is 106 Å².